The Bertz CT molecular complexity index is 363. The molecule has 1 atom stereocenters. The van der Waals surface area contributed by atoms with Crippen molar-refractivity contribution in [3.8, 4) is 0 Å². The summed E-state index contributed by atoms with van der Waals surface area (Å²) in [7, 11) is 1.91. The molecule has 18 heavy (non-hydrogen) atoms. The summed E-state index contributed by atoms with van der Waals surface area (Å²) in [5.41, 5.74) is 1.29. The fraction of sp³-hybridized carbons (Fsp3) is 0.500. The minimum absolute atomic E-state index is 0. The third-order valence-electron chi connectivity index (χ3n) is 3.36. The normalized spacial score (nSPS) is 18.2. The summed E-state index contributed by atoms with van der Waals surface area (Å²) in [6, 6.07) is 10.3. The second-order valence-corrected chi connectivity index (χ2v) is 4.69. The van der Waals surface area contributed by atoms with Crippen LogP contribution in [0.5, 0.6) is 0 Å². The maximum Gasteiger partial charge on any atom is 0.226 e. The van der Waals surface area contributed by atoms with Crippen LogP contribution in [0.4, 0.5) is 0 Å². The molecule has 0 spiro atoms. The van der Waals surface area contributed by atoms with E-state index in [1.54, 1.807) is 0 Å². The lowest BCUT2D eigenvalue weighted by Crippen LogP contribution is -2.35. The van der Waals surface area contributed by atoms with Crippen LogP contribution < -0.4 is 5.32 Å². The Balaban J connectivity index is 0.00000162. The van der Waals surface area contributed by atoms with E-state index >= 15 is 0 Å². The van der Waals surface area contributed by atoms with Crippen molar-refractivity contribution in [1.29, 1.82) is 0 Å². The Morgan fingerprint density at radius 3 is 2.72 bits per heavy atom. The minimum Gasteiger partial charge on any atom is -0.345 e. The van der Waals surface area contributed by atoms with Crippen molar-refractivity contribution < 1.29 is 4.79 Å². The number of benzene rings is 1. The second kappa shape index (κ2) is 7.39. The number of carbonyl (C=O) groups excluding carboxylic acids is 1. The standard InChI is InChI=1S/C14H20N2O.ClH/c1-16(14(17)13-7-9-15-11-13)10-8-12-5-3-2-4-6-12;/h2-6,13,15H,7-11H2,1H3;1H. The highest BCUT2D eigenvalue weighted by Crippen LogP contribution is 2.11. The van der Waals surface area contributed by atoms with E-state index in [0.29, 0.717) is 0 Å². The van der Waals surface area contributed by atoms with Gasteiger partial charge in [-0.15, -0.1) is 12.4 Å². The molecule has 1 aromatic rings. The SMILES string of the molecule is CN(CCc1ccccc1)C(=O)C1CCNC1.Cl. The van der Waals surface area contributed by atoms with E-state index in [0.717, 1.165) is 32.5 Å². The van der Waals surface area contributed by atoms with Crippen molar-refractivity contribution in [2.75, 3.05) is 26.7 Å². The van der Waals surface area contributed by atoms with Crippen molar-refractivity contribution in [2.24, 2.45) is 5.92 Å². The van der Waals surface area contributed by atoms with Crippen molar-refractivity contribution in [3.05, 3.63) is 35.9 Å². The molecule has 1 saturated heterocycles. The maximum atomic E-state index is 12.1. The summed E-state index contributed by atoms with van der Waals surface area (Å²) < 4.78 is 0. The van der Waals surface area contributed by atoms with Gasteiger partial charge < -0.3 is 10.2 Å². The number of rotatable bonds is 4. The van der Waals surface area contributed by atoms with Crippen LogP contribution in [0.25, 0.3) is 0 Å². The third-order valence-corrected chi connectivity index (χ3v) is 3.36. The highest BCUT2D eigenvalue weighted by atomic mass is 35.5. The van der Waals surface area contributed by atoms with Crippen LogP contribution in [0.3, 0.4) is 0 Å². The molecule has 1 aromatic carbocycles. The fourth-order valence-corrected chi connectivity index (χ4v) is 2.23. The number of hydrogen-bond acceptors (Lipinski definition) is 2. The molecule has 0 bridgehead atoms. The lowest BCUT2D eigenvalue weighted by molar-refractivity contribution is -0.133. The summed E-state index contributed by atoms with van der Waals surface area (Å²) in [5.74, 6) is 0.474. The topological polar surface area (TPSA) is 32.3 Å². The average molecular weight is 269 g/mol. The van der Waals surface area contributed by atoms with Crippen LogP contribution in [-0.4, -0.2) is 37.5 Å². The highest BCUT2D eigenvalue weighted by molar-refractivity contribution is 5.85. The lowest BCUT2D eigenvalue weighted by Gasteiger charge is -2.20. The summed E-state index contributed by atoms with van der Waals surface area (Å²) in [6.07, 6.45) is 1.91. The molecule has 1 aliphatic rings. The number of halogens is 1. The van der Waals surface area contributed by atoms with Gasteiger partial charge in [0.15, 0.2) is 0 Å². The van der Waals surface area contributed by atoms with E-state index in [9.17, 15) is 4.79 Å². The first-order valence-corrected chi connectivity index (χ1v) is 6.27. The van der Waals surface area contributed by atoms with Crippen molar-refractivity contribution in [3.63, 3.8) is 0 Å². The number of nitrogens with one attached hydrogen (secondary N) is 1. The highest BCUT2D eigenvalue weighted by Gasteiger charge is 2.24. The molecular formula is C14H21ClN2O. The molecule has 1 N–H and O–H groups in total. The van der Waals surface area contributed by atoms with Crippen LogP contribution in [-0.2, 0) is 11.2 Å². The fourth-order valence-electron chi connectivity index (χ4n) is 2.23. The predicted molar refractivity (Wildman–Crippen MR) is 76.0 cm³/mol. The zero-order valence-electron chi connectivity index (χ0n) is 10.8. The molecule has 1 heterocycles. The van der Waals surface area contributed by atoms with Crippen LogP contribution in [0.2, 0.25) is 0 Å². The Morgan fingerprint density at radius 2 is 2.11 bits per heavy atom. The van der Waals surface area contributed by atoms with E-state index < -0.39 is 0 Å². The van der Waals surface area contributed by atoms with E-state index in [1.807, 2.05) is 30.1 Å². The number of carbonyl (C=O) groups is 1. The number of nitrogens with zero attached hydrogens (tertiary/aromatic N) is 1. The van der Waals surface area contributed by atoms with Gasteiger partial charge in [0.05, 0.1) is 5.92 Å². The van der Waals surface area contributed by atoms with E-state index in [4.69, 9.17) is 0 Å². The molecule has 1 amide bonds. The van der Waals surface area contributed by atoms with E-state index in [1.165, 1.54) is 5.56 Å². The smallest absolute Gasteiger partial charge is 0.226 e. The molecular weight excluding hydrogens is 248 g/mol. The summed E-state index contributed by atoms with van der Waals surface area (Å²) >= 11 is 0. The van der Waals surface area contributed by atoms with Gasteiger partial charge in [-0.2, -0.15) is 0 Å². The van der Waals surface area contributed by atoms with Crippen molar-refractivity contribution >= 4 is 18.3 Å². The Labute approximate surface area is 115 Å². The Morgan fingerprint density at radius 1 is 1.39 bits per heavy atom. The largest absolute Gasteiger partial charge is 0.345 e. The molecule has 1 aliphatic heterocycles. The quantitative estimate of drug-likeness (QED) is 0.902. The maximum absolute atomic E-state index is 12.1. The Kier molecular flexibility index (Phi) is 6.16. The molecule has 0 aromatic heterocycles. The third kappa shape index (κ3) is 4.00. The Hall–Kier alpha value is -1.06. The second-order valence-electron chi connectivity index (χ2n) is 4.69. The number of likely N-dealkylation sites (N-methyl/N-ethyl adjacent to an activating group) is 1. The molecule has 3 nitrogen and oxygen atoms in total. The van der Waals surface area contributed by atoms with Gasteiger partial charge in [-0.3, -0.25) is 4.79 Å². The molecule has 0 radical (unpaired) electrons. The monoisotopic (exact) mass is 268 g/mol. The van der Waals surface area contributed by atoms with Crippen molar-refractivity contribution in [2.45, 2.75) is 12.8 Å². The van der Waals surface area contributed by atoms with Gasteiger partial charge in [0.1, 0.15) is 0 Å². The van der Waals surface area contributed by atoms with Gasteiger partial charge in [-0.25, -0.2) is 0 Å². The van der Waals surface area contributed by atoms with E-state index in [-0.39, 0.29) is 24.2 Å². The van der Waals surface area contributed by atoms with Gasteiger partial charge in [0.25, 0.3) is 0 Å². The van der Waals surface area contributed by atoms with Gasteiger partial charge in [-0.05, 0) is 24.9 Å². The molecule has 1 unspecified atom stereocenters. The predicted octanol–water partition coefficient (Wildman–Crippen LogP) is 1.72. The molecule has 0 aliphatic carbocycles. The molecule has 1 fully saturated rings. The summed E-state index contributed by atoms with van der Waals surface area (Å²) in [4.78, 5) is 13.9. The number of amides is 1. The van der Waals surface area contributed by atoms with Gasteiger partial charge in [0, 0.05) is 20.1 Å². The zero-order chi connectivity index (χ0) is 12.1. The first-order valence-electron chi connectivity index (χ1n) is 6.27. The molecule has 100 valence electrons. The van der Waals surface area contributed by atoms with Crippen LogP contribution >= 0.6 is 12.4 Å². The molecule has 4 heteroatoms. The average Bonchev–Trinajstić information content (AvgIpc) is 2.90. The van der Waals surface area contributed by atoms with Crippen molar-refractivity contribution in [1.82, 2.24) is 10.2 Å². The first kappa shape index (κ1) is 15.0. The number of hydrogen-bond donors (Lipinski definition) is 1. The van der Waals surface area contributed by atoms with Crippen LogP contribution in [0, 0.1) is 5.92 Å². The van der Waals surface area contributed by atoms with Gasteiger partial charge >= 0.3 is 0 Å². The van der Waals surface area contributed by atoms with Crippen LogP contribution in [0.1, 0.15) is 12.0 Å². The summed E-state index contributed by atoms with van der Waals surface area (Å²) in [6.45, 7) is 2.62. The van der Waals surface area contributed by atoms with Gasteiger partial charge in [-0.1, -0.05) is 30.3 Å². The minimum atomic E-state index is 0. The van der Waals surface area contributed by atoms with E-state index in [2.05, 4.69) is 17.4 Å². The zero-order valence-corrected chi connectivity index (χ0v) is 11.6. The lowest BCUT2D eigenvalue weighted by atomic mass is 10.1. The summed E-state index contributed by atoms with van der Waals surface area (Å²) in [5, 5.41) is 3.23. The first-order chi connectivity index (χ1) is 8.27. The van der Waals surface area contributed by atoms with Gasteiger partial charge in [0.2, 0.25) is 5.91 Å². The molecule has 2 rings (SSSR count). The van der Waals surface area contributed by atoms with Crippen LogP contribution in [0.15, 0.2) is 30.3 Å². The molecule has 0 saturated carbocycles.